The maximum Gasteiger partial charge on any atom is 0.128 e. The summed E-state index contributed by atoms with van der Waals surface area (Å²) in [5.74, 6) is 2.09. The molecule has 0 radical (unpaired) electrons. The van der Waals surface area contributed by atoms with Crippen LogP contribution in [0.1, 0.15) is 37.1 Å². The van der Waals surface area contributed by atoms with E-state index >= 15 is 0 Å². The van der Waals surface area contributed by atoms with Crippen LogP contribution in [0.15, 0.2) is 12.1 Å². The minimum Gasteiger partial charge on any atom is -0.328 e. The Bertz CT molecular complexity index is 614. The van der Waals surface area contributed by atoms with Crippen LogP contribution < -0.4 is 0 Å². The minimum atomic E-state index is -0.180. The van der Waals surface area contributed by atoms with Crippen LogP contribution in [0.4, 0.5) is 4.39 Å². The molecule has 0 N–H and O–H groups in total. The zero-order valence-electron chi connectivity index (χ0n) is 11.8. The van der Waals surface area contributed by atoms with Gasteiger partial charge >= 0.3 is 0 Å². The molecule has 2 aromatic rings. The van der Waals surface area contributed by atoms with E-state index in [1.807, 2.05) is 13.0 Å². The van der Waals surface area contributed by atoms with Crippen molar-refractivity contribution in [1.82, 2.24) is 9.55 Å². The second-order valence-electron chi connectivity index (χ2n) is 5.82. The highest BCUT2D eigenvalue weighted by molar-refractivity contribution is 6.17. The van der Waals surface area contributed by atoms with E-state index in [9.17, 15) is 4.39 Å². The fourth-order valence-corrected chi connectivity index (χ4v) is 3.40. The number of aryl methyl sites for hydroxylation is 2. The highest BCUT2D eigenvalue weighted by Gasteiger charge is 2.19. The van der Waals surface area contributed by atoms with Crippen molar-refractivity contribution >= 4 is 22.6 Å². The summed E-state index contributed by atoms with van der Waals surface area (Å²) in [6.45, 7) is 2.80. The van der Waals surface area contributed by atoms with Crippen LogP contribution in [-0.2, 0) is 13.0 Å². The monoisotopic (exact) mass is 294 g/mol. The van der Waals surface area contributed by atoms with Crippen LogP contribution >= 0.6 is 11.6 Å². The molecule has 2 nitrogen and oxygen atoms in total. The van der Waals surface area contributed by atoms with Crippen molar-refractivity contribution in [3.63, 3.8) is 0 Å². The van der Waals surface area contributed by atoms with Gasteiger partial charge in [0.25, 0.3) is 0 Å². The topological polar surface area (TPSA) is 17.8 Å². The van der Waals surface area contributed by atoms with Crippen molar-refractivity contribution in [2.24, 2.45) is 5.92 Å². The Morgan fingerprint density at radius 1 is 1.35 bits per heavy atom. The summed E-state index contributed by atoms with van der Waals surface area (Å²) in [6, 6.07) is 3.47. The number of hydrogen-bond donors (Lipinski definition) is 0. The van der Waals surface area contributed by atoms with Crippen molar-refractivity contribution < 1.29 is 4.39 Å². The molecule has 20 heavy (non-hydrogen) atoms. The lowest BCUT2D eigenvalue weighted by Crippen LogP contribution is -2.11. The number of fused-ring (bicyclic) bond motifs is 1. The van der Waals surface area contributed by atoms with Crippen LogP contribution in [0.3, 0.4) is 0 Å². The van der Waals surface area contributed by atoms with Gasteiger partial charge in [0.2, 0.25) is 0 Å². The smallest absolute Gasteiger partial charge is 0.128 e. The zero-order chi connectivity index (χ0) is 14.1. The summed E-state index contributed by atoms with van der Waals surface area (Å²) in [5, 5.41) is 0. The SMILES string of the molecule is Cc1cc2c(cc1F)nc(CCCl)n2CC1CCCC1. The highest BCUT2D eigenvalue weighted by Crippen LogP contribution is 2.29. The van der Waals surface area contributed by atoms with Gasteiger partial charge < -0.3 is 4.57 Å². The third-order valence-electron chi connectivity index (χ3n) is 4.34. The predicted octanol–water partition coefficient (Wildman–Crippen LogP) is 4.46. The summed E-state index contributed by atoms with van der Waals surface area (Å²) >= 11 is 5.89. The van der Waals surface area contributed by atoms with Gasteiger partial charge in [0.1, 0.15) is 11.6 Å². The average Bonchev–Trinajstić information content (AvgIpc) is 3.02. The van der Waals surface area contributed by atoms with Gasteiger partial charge in [0.15, 0.2) is 0 Å². The van der Waals surface area contributed by atoms with Crippen LogP contribution in [-0.4, -0.2) is 15.4 Å². The normalized spacial score (nSPS) is 16.4. The molecule has 0 aliphatic heterocycles. The molecule has 0 saturated heterocycles. The molecule has 1 heterocycles. The van der Waals surface area contributed by atoms with E-state index < -0.39 is 0 Å². The van der Waals surface area contributed by atoms with E-state index in [1.165, 1.54) is 25.7 Å². The first kappa shape index (κ1) is 13.9. The van der Waals surface area contributed by atoms with Crippen molar-refractivity contribution in [3.8, 4) is 0 Å². The number of hydrogen-bond acceptors (Lipinski definition) is 1. The lowest BCUT2D eigenvalue weighted by Gasteiger charge is -2.14. The van der Waals surface area contributed by atoms with Crippen molar-refractivity contribution in [1.29, 1.82) is 0 Å². The first-order valence-electron chi connectivity index (χ1n) is 7.40. The fraction of sp³-hybridized carbons (Fsp3) is 0.562. The maximum absolute atomic E-state index is 13.7. The molecule has 0 spiro atoms. The molecule has 1 saturated carbocycles. The number of alkyl halides is 1. The van der Waals surface area contributed by atoms with Crippen molar-refractivity contribution in [2.45, 2.75) is 45.6 Å². The third-order valence-corrected chi connectivity index (χ3v) is 4.53. The standard InChI is InChI=1S/C16H20ClFN2/c1-11-8-15-14(9-13(11)18)19-16(6-7-17)20(15)10-12-4-2-3-5-12/h8-9,12H,2-7,10H2,1H3. The van der Waals surface area contributed by atoms with E-state index in [0.29, 0.717) is 11.4 Å². The Morgan fingerprint density at radius 3 is 2.80 bits per heavy atom. The number of rotatable bonds is 4. The zero-order valence-corrected chi connectivity index (χ0v) is 12.6. The minimum absolute atomic E-state index is 0.180. The third kappa shape index (κ3) is 2.56. The van der Waals surface area contributed by atoms with Gasteiger partial charge in [-0.05, 0) is 37.3 Å². The summed E-state index contributed by atoms with van der Waals surface area (Å²) in [6.07, 6.45) is 5.98. The Hall–Kier alpha value is -1.09. The van der Waals surface area contributed by atoms with Gasteiger partial charge in [-0.2, -0.15) is 0 Å². The van der Waals surface area contributed by atoms with Crippen molar-refractivity contribution in [2.75, 3.05) is 5.88 Å². The Morgan fingerprint density at radius 2 is 2.10 bits per heavy atom. The van der Waals surface area contributed by atoms with Gasteiger partial charge in [0.05, 0.1) is 11.0 Å². The molecule has 1 fully saturated rings. The van der Waals surface area contributed by atoms with Gasteiger partial charge in [-0.3, -0.25) is 0 Å². The number of benzene rings is 1. The van der Waals surface area contributed by atoms with Crippen LogP contribution in [0.2, 0.25) is 0 Å². The molecule has 108 valence electrons. The molecular formula is C16H20ClFN2. The summed E-state index contributed by atoms with van der Waals surface area (Å²) in [5.41, 5.74) is 2.49. The fourth-order valence-electron chi connectivity index (χ4n) is 3.23. The Kier molecular flexibility index (Phi) is 3.97. The molecular weight excluding hydrogens is 275 g/mol. The molecule has 3 rings (SSSR count). The molecule has 1 aromatic carbocycles. The number of imidazole rings is 1. The van der Waals surface area contributed by atoms with Gasteiger partial charge in [-0.15, -0.1) is 11.6 Å². The molecule has 0 unspecified atom stereocenters. The first-order valence-corrected chi connectivity index (χ1v) is 7.93. The van der Waals surface area contributed by atoms with E-state index in [0.717, 1.165) is 35.7 Å². The summed E-state index contributed by atoms with van der Waals surface area (Å²) in [7, 11) is 0. The number of halogens is 2. The van der Waals surface area contributed by atoms with Crippen LogP contribution in [0, 0.1) is 18.7 Å². The van der Waals surface area contributed by atoms with E-state index in [1.54, 1.807) is 6.07 Å². The first-order chi connectivity index (χ1) is 9.69. The molecule has 1 aliphatic carbocycles. The molecule has 1 aliphatic rings. The van der Waals surface area contributed by atoms with E-state index in [-0.39, 0.29) is 5.82 Å². The quantitative estimate of drug-likeness (QED) is 0.762. The molecule has 0 bridgehead atoms. The Labute approximate surface area is 123 Å². The Balaban J connectivity index is 2.04. The molecule has 0 atom stereocenters. The van der Waals surface area contributed by atoms with E-state index in [4.69, 9.17) is 11.6 Å². The average molecular weight is 295 g/mol. The second-order valence-corrected chi connectivity index (χ2v) is 6.20. The predicted molar refractivity (Wildman–Crippen MR) is 80.8 cm³/mol. The van der Waals surface area contributed by atoms with Crippen LogP contribution in [0.5, 0.6) is 0 Å². The maximum atomic E-state index is 13.7. The lowest BCUT2D eigenvalue weighted by molar-refractivity contribution is 0.455. The van der Waals surface area contributed by atoms with Gasteiger partial charge in [-0.25, -0.2) is 9.37 Å². The summed E-state index contributed by atoms with van der Waals surface area (Å²) in [4.78, 5) is 4.58. The molecule has 4 heteroatoms. The molecule has 1 aromatic heterocycles. The van der Waals surface area contributed by atoms with Gasteiger partial charge in [-0.1, -0.05) is 12.8 Å². The van der Waals surface area contributed by atoms with E-state index in [2.05, 4.69) is 9.55 Å². The lowest BCUT2D eigenvalue weighted by atomic mass is 10.1. The van der Waals surface area contributed by atoms with Crippen molar-refractivity contribution in [3.05, 3.63) is 29.3 Å². The summed E-state index contributed by atoms with van der Waals surface area (Å²) < 4.78 is 16.0. The largest absolute Gasteiger partial charge is 0.328 e. The second kappa shape index (κ2) is 5.72. The number of aromatic nitrogens is 2. The van der Waals surface area contributed by atoms with Gasteiger partial charge in [0, 0.05) is 24.9 Å². The number of nitrogens with zero attached hydrogens (tertiary/aromatic N) is 2. The molecule has 0 amide bonds. The highest BCUT2D eigenvalue weighted by atomic mass is 35.5. The van der Waals surface area contributed by atoms with Crippen LogP contribution in [0.25, 0.3) is 11.0 Å².